The lowest BCUT2D eigenvalue weighted by atomic mass is 9.63. The van der Waals surface area contributed by atoms with Crippen molar-refractivity contribution in [2.24, 2.45) is 35.5 Å². The summed E-state index contributed by atoms with van der Waals surface area (Å²) in [6, 6.07) is 19.2. The fraction of sp³-hybridized carbons (Fsp3) is 0.250. The molecule has 5 aliphatic rings. The number of carbonyl (C=O) groups is 4. The zero-order chi connectivity index (χ0) is 31.9. The summed E-state index contributed by atoms with van der Waals surface area (Å²) < 4.78 is 5.41. The third-order valence-electron chi connectivity index (χ3n) is 10.1. The Balaban J connectivity index is 1.06. The highest BCUT2D eigenvalue weighted by molar-refractivity contribution is 6.22. The minimum absolute atomic E-state index is 0.125. The number of allylic oxidation sites excluding steroid dienone is 2. The summed E-state index contributed by atoms with van der Waals surface area (Å²) in [7, 11) is 0. The number of para-hydroxylation sites is 1. The molecule has 10 nitrogen and oxygen atoms in total. The molecule has 3 aromatic carbocycles. The van der Waals surface area contributed by atoms with E-state index in [2.05, 4.69) is 12.2 Å². The molecule has 2 heterocycles. The molecule has 1 saturated heterocycles. The number of ether oxygens (including phenoxy) is 1. The number of pyridine rings is 1. The summed E-state index contributed by atoms with van der Waals surface area (Å²) >= 11 is 0. The third kappa shape index (κ3) is 4.28. The molecule has 1 aromatic heterocycles. The normalized spacial score (nSPS) is 25.4. The smallest absolute Gasteiger partial charge is 0.339 e. The van der Waals surface area contributed by atoms with Crippen LogP contribution in [-0.2, 0) is 14.3 Å². The lowest BCUT2D eigenvalue weighted by molar-refractivity contribution is -0.384. The van der Waals surface area contributed by atoms with E-state index >= 15 is 0 Å². The maximum Gasteiger partial charge on any atom is 0.339 e. The van der Waals surface area contributed by atoms with Crippen LogP contribution in [0.5, 0.6) is 0 Å². The number of rotatable bonds is 7. The van der Waals surface area contributed by atoms with Gasteiger partial charge in [-0.15, -0.1) is 0 Å². The Bertz CT molecular complexity index is 2000. The number of hydrogen-bond acceptors (Lipinski definition) is 8. The van der Waals surface area contributed by atoms with Crippen molar-refractivity contribution >= 4 is 45.8 Å². The molecular formula is C36H27N3O7. The van der Waals surface area contributed by atoms with Gasteiger partial charge in [0.25, 0.3) is 5.69 Å². The van der Waals surface area contributed by atoms with Crippen LogP contribution >= 0.6 is 0 Å². The molecule has 4 aliphatic carbocycles. The minimum atomic E-state index is -0.719. The SMILES string of the molecule is Cc1cccc2c(C(=O)OCC(=O)c3ccc([N+](=O)[O-])cc3)cc(-c3ccc(N4C(=O)C5C6C=CC(C7CC67)C5C4=O)cc3)nc12. The molecule has 0 spiro atoms. The van der Waals surface area contributed by atoms with Crippen LogP contribution in [0.3, 0.4) is 0 Å². The first kappa shape index (κ1) is 28.0. The Hall–Kier alpha value is -5.51. The van der Waals surface area contributed by atoms with Crippen LogP contribution in [0.15, 0.2) is 84.9 Å². The van der Waals surface area contributed by atoms with Gasteiger partial charge in [-0.1, -0.05) is 42.5 Å². The molecule has 3 fully saturated rings. The molecular weight excluding hydrogens is 586 g/mol. The number of nitro benzene ring substituents is 1. The zero-order valence-electron chi connectivity index (χ0n) is 24.7. The molecule has 6 atom stereocenters. The highest BCUT2D eigenvalue weighted by Gasteiger charge is 2.67. The van der Waals surface area contributed by atoms with Gasteiger partial charge in [0.2, 0.25) is 11.8 Å². The van der Waals surface area contributed by atoms with Crippen molar-refractivity contribution in [3.63, 3.8) is 0 Å². The van der Waals surface area contributed by atoms with E-state index < -0.39 is 23.3 Å². The molecule has 2 amide bonds. The number of Topliss-reactive ketones (excluding diaryl/α,β-unsaturated/α-hetero) is 1. The Labute approximate surface area is 262 Å². The average Bonchev–Trinajstić information content (AvgIpc) is 3.85. The number of nitrogens with zero attached hydrogens (tertiary/aromatic N) is 3. The Morgan fingerprint density at radius 2 is 1.59 bits per heavy atom. The number of esters is 1. The monoisotopic (exact) mass is 613 g/mol. The predicted molar refractivity (Wildman–Crippen MR) is 167 cm³/mol. The number of ketones is 1. The van der Waals surface area contributed by atoms with Crippen LogP contribution < -0.4 is 4.90 Å². The van der Waals surface area contributed by atoms with Gasteiger partial charge in [0.1, 0.15) is 0 Å². The first-order chi connectivity index (χ1) is 22.2. The van der Waals surface area contributed by atoms with Crippen molar-refractivity contribution in [2.45, 2.75) is 13.3 Å². The van der Waals surface area contributed by atoms with Gasteiger partial charge in [0.05, 0.1) is 39.2 Å². The Kier molecular flexibility index (Phi) is 6.25. The van der Waals surface area contributed by atoms with Crippen molar-refractivity contribution in [1.29, 1.82) is 0 Å². The molecule has 10 heteroatoms. The van der Waals surface area contributed by atoms with Crippen LogP contribution in [-0.4, -0.2) is 40.1 Å². The minimum Gasteiger partial charge on any atom is -0.454 e. The van der Waals surface area contributed by atoms with Gasteiger partial charge in [-0.25, -0.2) is 9.78 Å². The molecule has 0 radical (unpaired) electrons. The summed E-state index contributed by atoms with van der Waals surface area (Å²) in [6.07, 6.45) is 5.41. The van der Waals surface area contributed by atoms with E-state index in [0.29, 0.717) is 39.7 Å². The average molecular weight is 614 g/mol. The fourth-order valence-corrected chi connectivity index (χ4v) is 7.76. The zero-order valence-corrected chi connectivity index (χ0v) is 24.7. The van der Waals surface area contributed by atoms with E-state index in [1.165, 1.54) is 29.2 Å². The topological polar surface area (TPSA) is 137 Å². The molecule has 4 aromatic rings. The molecule has 0 N–H and O–H groups in total. The number of anilines is 1. The predicted octanol–water partition coefficient (Wildman–Crippen LogP) is 5.72. The maximum absolute atomic E-state index is 13.6. The van der Waals surface area contributed by atoms with Crippen molar-refractivity contribution in [3.05, 3.63) is 112 Å². The molecule has 1 aliphatic heterocycles. The number of aryl methyl sites for hydroxylation is 1. The van der Waals surface area contributed by atoms with Crippen molar-refractivity contribution in [2.75, 3.05) is 11.5 Å². The summed E-state index contributed by atoms with van der Waals surface area (Å²) in [6.45, 7) is 1.33. The second-order valence-electron chi connectivity index (χ2n) is 12.5. The molecule has 2 bridgehead atoms. The highest BCUT2D eigenvalue weighted by atomic mass is 16.6. The fourth-order valence-electron chi connectivity index (χ4n) is 7.76. The number of aromatic nitrogens is 1. The summed E-state index contributed by atoms with van der Waals surface area (Å²) in [5.41, 5.74) is 3.36. The number of fused-ring (bicyclic) bond motifs is 1. The van der Waals surface area contributed by atoms with E-state index in [1.54, 1.807) is 42.5 Å². The number of imide groups is 1. The first-order valence-corrected chi connectivity index (χ1v) is 15.2. The number of carbonyl (C=O) groups excluding carboxylic acids is 4. The molecule has 6 unspecified atom stereocenters. The van der Waals surface area contributed by atoms with Crippen LogP contribution in [0.25, 0.3) is 22.2 Å². The quantitative estimate of drug-likeness (QED) is 0.0645. The van der Waals surface area contributed by atoms with Gasteiger partial charge in [-0.2, -0.15) is 0 Å². The summed E-state index contributed by atoms with van der Waals surface area (Å²) in [5.74, 6) is -0.683. The van der Waals surface area contributed by atoms with Crippen LogP contribution in [0.4, 0.5) is 11.4 Å². The van der Waals surface area contributed by atoms with E-state index in [0.717, 1.165) is 12.0 Å². The van der Waals surface area contributed by atoms with Gasteiger partial charge in [0.15, 0.2) is 12.4 Å². The summed E-state index contributed by atoms with van der Waals surface area (Å²) in [5, 5.41) is 11.5. The molecule has 9 rings (SSSR count). The first-order valence-electron chi connectivity index (χ1n) is 15.2. The highest BCUT2D eigenvalue weighted by Crippen LogP contribution is 2.65. The van der Waals surface area contributed by atoms with E-state index in [9.17, 15) is 29.3 Å². The number of benzene rings is 3. The van der Waals surface area contributed by atoms with Crippen LogP contribution in [0, 0.1) is 52.5 Å². The number of amides is 2. The summed E-state index contributed by atoms with van der Waals surface area (Å²) in [4.78, 5) is 69.7. The van der Waals surface area contributed by atoms with Gasteiger partial charge in [-0.05, 0) is 72.9 Å². The molecule has 46 heavy (non-hydrogen) atoms. The van der Waals surface area contributed by atoms with Gasteiger partial charge in [-0.3, -0.25) is 29.4 Å². The largest absolute Gasteiger partial charge is 0.454 e. The lowest BCUT2D eigenvalue weighted by Crippen LogP contribution is -2.40. The van der Waals surface area contributed by atoms with Crippen LogP contribution in [0.1, 0.15) is 32.7 Å². The molecule has 228 valence electrons. The number of non-ortho nitro benzene ring substituents is 1. The second kappa shape index (κ2) is 10.3. The van der Waals surface area contributed by atoms with E-state index in [4.69, 9.17) is 9.72 Å². The van der Waals surface area contributed by atoms with E-state index in [1.807, 2.05) is 13.0 Å². The van der Waals surface area contributed by atoms with Gasteiger partial charge >= 0.3 is 5.97 Å². The Morgan fingerprint density at radius 3 is 2.22 bits per heavy atom. The van der Waals surface area contributed by atoms with Crippen molar-refractivity contribution < 1.29 is 28.8 Å². The third-order valence-corrected chi connectivity index (χ3v) is 10.1. The second-order valence-corrected chi connectivity index (χ2v) is 12.5. The van der Waals surface area contributed by atoms with Gasteiger partial charge < -0.3 is 4.74 Å². The van der Waals surface area contributed by atoms with Crippen LogP contribution in [0.2, 0.25) is 0 Å². The maximum atomic E-state index is 13.6. The lowest BCUT2D eigenvalue weighted by Gasteiger charge is -2.37. The van der Waals surface area contributed by atoms with E-state index in [-0.39, 0.29) is 52.3 Å². The standard InChI is InChI=1S/C36H27N3O7/c1-18-3-2-4-25-28(36(43)46-17-30(40)20-7-11-22(12-8-20)39(44)45)16-29(37-33(18)25)19-5-9-21(10-6-19)38-34(41)31-23-13-14-24(27-15-26(23)27)32(31)35(38)42/h2-14,16,23-24,26-27,31-32H,15,17H2,1H3. The molecule has 2 saturated carbocycles. The van der Waals surface area contributed by atoms with Gasteiger partial charge in [0, 0.05) is 28.6 Å². The van der Waals surface area contributed by atoms with Crippen molar-refractivity contribution in [3.8, 4) is 11.3 Å². The van der Waals surface area contributed by atoms with Crippen molar-refractivity contribution in [1.82, 2.24) is 4.98 Å². The Morgan fingerprint density at radius 1 is 0.935 bits per heavy atom. The number of nitro groups is 1. The number of hydrogen-bond donors (Lipinski definition) is 0.